The summed E-state index contributed by atoms with van der Waals surface area (Å²) in [6.45, 7) is 13.1. The lowest BCUT2D eigenvalue weighted by atomic mass is 9.77. The van der Waals surface area contributed by atoms with Gasteiger partial charge in [-0.05, 0) is 25.0 Å². The fourth-order valence-electron chi connectivity index (χ4n) is 4.28. The van der Waals surface area contributed by atoms with E-state index in [1.807, 2.05) is 39.8 Å². The van der Waals surface area contributed by atoms with E-state index in [0.29, 0.717) is 24.5 Å². The first-order valence-corrected chi connectivity index (χ1v) is 13.6. The van der Waals surface area contributed by atoms with Crippen LogP contribution in [-0.2, 0) is 29.9 Å². The van der Waals surface area contributed by atoms with Crippen LogP contribution in [-0.4, -0.2) is 39.4 Å². The van der Waals surface area contributed by atoms with Crippen molar-refractivity contribution in [1.29, 1.82) is 0 Å². The molecular formula is C30H50O6. The summed E-state index contributed by atoms with van der Waals surface area (Å²) in [6.07, 6.45) is 9.12. The maximum atomic E-state index is 12.6. The number of rotatable bonds is 18. The van der Waals surface area contributed by atoms with Crippen LogP contribution in [0, 0.1) is 0 Å². The van der Waals surface area contributed by atoms with Crippen LogP contribution in [0.25, 0.3) is 0 Å². The molecule has 0 heterocycles. The number of unbranched alkanes of at least 4 members (excludes halogenated alkanes) is 6. The van der Waals surface area contributed by atoms with Crippen molar-refractivity contribution in [3.8, 4) is 11.5 Å². The standard InChI is InChI=1S/C30H50O6/c1-9-11-13-15-17-27(31)36-22-30(5,6)24-20-25(33-7)23(19-26(24)34-8)29(3,4)21-28(32)35-18-16-14-12-10-2/h19-20H,9-18,21-22H2,1-8H3. The van der Waals surface area contributed by atoms with Gasteiger partial charge in [0.05, 0.1) is 27.2 Å². The summed E-state index contributed by atoms with van der Waals surface area (Å²) in [6, 6.07) is 3.89. The molecule has 0 radical (unpaired) electrons. The van der Waals surface area contributed by atoms with Crippen LogP contribution < -0.4 is 9.47 Å². The molecule has 0 saturated carbocycles. The lowest BCUT2D eigenvalue weighted by molar-refractivity contribution is -0.146. The van der Waals surface area contributed by atoms with E-state index < -0.39 is 10.8 Å². The molecule has 1 aromatic carbocycles. The second-order valence-electron chi connectivity index (χ2n) is 10.9. The second kappa shape index (κ2) is 15.8. The number of ether oxygens (including phenoxy) is 4. The minimum absolute atomic E-state index is 0.170. The van der Waals surface area contributed by atoms with Gasteiger partial charge < -0.3 is 18.9 Å². The molecule has 0 aliphatic heterocycles. The highest BCUT2D eigenvalue weighted by Gasteiger charge is 2.33. The summed E-state index contributed by atoms with van der Waals surface area (Å²) < 4.78 is 22.6. The molecule has 6 heteroatoms. The minimum atomic E-state index is -0.521. The maximum Gasteiger partial charge on any atom is 0.306 e. The molecule has 0 spiro atoms. The van der Waals surface area contributed by atoms with Crippen LogP contribution in [0.2, 0.25) is 0 Å². The Hall–Kier alpha value is -2.24. The molecule has 1 aromatic rings. The molecule has 0 unspecified atom stereocenters. The zero-order valence-corrected chi connectivity index (χ0v) is 24.1. The van der Waals surface area contributed by atoms with Crippen molar-refractivity contribution in [3.05, 3.63) is 23.3 Å². The van der Waals surface area contributed by atoms with Gasteiger partial charge in [-0.3, -0.25) is 9.59 Å². The van der Waals surface area contributed by atoms with E-state index >= 15 is 0 Å². The number of hydrogen-bond acceptors (Lipinski definition) is 6. The molecule has 0 aliphatic rings. The average Bonchev–Trinajstić information content (AvgIpc) is 2.84. The highest BCUT2D eigenvalue weighted by atomic mass is 16.5. The van der Waals surface area contributed by atoms with E-state index in [2.05, 4.69) is 13.8 Å². The highest BCUT2D eigenvalue weighted by molar-refractivity contribution is 5.72. The molecule has 0 aromatic heterocycles. The third kappa shape index (κ3) is 10.4. The Bertz CT molecular complexity index is 812. The van der Waals surface area contributed by atoms with E-state index in [1.54, 1.807) is 14.2 Å². The number of carbonyl (C=O) groups is 2. The Labute approximate surface area is 219 Å². The summed E-state index contributed by atoms with van der Waals surface area (Å²) in [5, 5.41) is 0. The summed E-state index contributed by atoms with van der Waals surface area (Å²) >= 11 is 0. The van der Waals surface area contributed by atoms with Crippen LogP contribution in [0.5, 0.6) is 11.5 Å². The number of methoxy groups -OCH3 is 2. The Morgan fingerprint density at radius 1 is 0.694 bits per heavy atom. The number of carbonyl (C=O) groups excluding carboxylic acids is 2. The fourth-order valence-corrected chi connectivity index (χ4v) is 4.28. The molecule has 1 rings (SSSR count). The zero-order chi connectivity index (χ0) is 27.2. The number of hydrogen-bond donors (Lipinski definition) is 0. The molecule has 0 bridgehead atoms. The molecule has 6 nitrogen and oxygen atoms in total. The van der Waals surface area contributed by atoms with Crippen molar-refractivity contribution in [1.82, 2.24) is 0 Å². The molecule has 0 amide bonds. The SMILES string of the molecule is CCCCCCOC(=O)CC(C)(C)c1cc(OC)c(C(C)(C)COC(=O)CCCCCC)cc1OC. The van der Waals surface area contributed by atoms with Gasteiger partial charge >= 0.3 is 11.9 Å². The maximum absolute atomic E-state index is 12.6. The normalized spacial score (nSPS) is 11.8. The van der Waals surface area contributed by atoms with Gasteiger partial charge in [-0.1, -0.05) is 80.1 Å². The Balaban J connectivity index is 2.98. The predicted molar refractivity (Wildman–Crippen MR) is 145 cm³/mol. The van der Waals surface area contributed by atoms with Gasteiger partial charge in [0.15, 0.2) is 0 Å². The third-order valence-corrected chi connectivity index (χ3v) is 6.66. The van der Waals surface area contributed by atoms with Crippen LogP contribution in [0.3, 0.4) is 0 Å². The van der Waals surface area contributed by atoms with Crippen LogP contribution in [0.4, 0.5) is 0 Å². The van der Waals surface area contributed by atoms with E-state index in [0.717, 1.165) is 62.5 Å². The van der Waals surface area contributed by atoms with Crippen molar-refractivity contribution in [2.24, 2.45) is 0 Å². The van der Waals surface area contributed by atoms with Crippen LogP contribution in [0.1, 0.15) is 117 Å². The molecule has 0 fully saturated rings. The quantitative estimate of drug-likeness (QED) is 0.154. The van der Waals surface area contributed by atoms with E-state index in [9.17, 15) is 9.59 Å². The Morgan fingerprint density at radius 2 is 1.22 bits per heavy atom. The van der Waals surface area contributed by atoms with Gasteiger partial charge in [0, 0.05) is 28.4 Å². The van der Waals surface area contributed by atoms with Gasteiger partial charge in [0.2, 0.25) is 0 Å². The molecule has 0 aliphatic carbocycles. The first kappa shape index (κ1) is 31.8. The van der Waals surface area contributed by atoms with Gasteiger partial charge in [-0.15, -0.1) is 0 Å². The van der Waals surface area contributed by atoms with Crippen molar-refractivity contribution in [2.45, 2.75) is 117 Å². The Morgan fingerprint density at radius 3 is 1.75 bits per heavy atom. The van der Waals surface area contributed by atoms with Gasteiger partial charge in [0.1, 0.15) is 18.1 Å². The van der Waals surface area contributed by atoms with Crippen molar-refractivity contribution >= 4 is 11.9 Å². The average molecular weight is 507 g/mol. The van der Waals surface area contributed by atoms with Gasteiger partial charge in [0.25, 0.3) is 0 Å². The van der Waals surface area contributed by atoms with E-state index in [1.165, 1.54) is 0 Å². The summed E-state index contributed by atoms with van der Waals surface area (Å²) in [7, 11) is 3.25. The van der Waals surface area contributed by atoms with Gasteiger partial charge in [-0.25, -0.2) is 0 Å². The second-order valence-corrected chi connectivity index (χ2v) is 10.9. The zero-order valence-electron chi connectivity index (χ0n) is 24.1. The van der Waals surface area contributed by atoms with Gasteiger partial charge in [-0.2, -0.15) is 0 Å². The van der Waals surface area contributed by atoms with Crippen molar-refractivity contribution in [3.63, 3.8) is 0 Å². The number of esters is 2. The van der Waals surface area contributed by atoms with Crippen molar-refractivity contribution < 1.29 is 28.5 Å². The minimum Gasteiger partial charge on any atom is -0.496 e. The predicted octanol–water partition coefficient (Wildman–Crippen LogP) is 7.29. The smallest absolute Gasteiger partial charge is 0.306 e. The van der Waals surface area contributed by atoms with Crippen LogP contribution in [0.15, 0.2) is 12.1 Å². The van der Waals surface area contributed by atoms with E-state index in [4.69, 9.17) is 18.9 Å². The lowest BCUT2D eigenvalue weighted by Gasteiger charge is -2.31. The summed E-state index contributed by atoms with van der Waals surface area (Å²) in [4.78, 5) is 24.8. The Kier molecular flexibility index (Phi) is 13.9. The number of benzene rings is 1. The largest absolute Gasteiger partial charge is 0.496 e. The van der Waals surface area contributed by atoms with Crippen LogP contribution >= 0.6 is 0 Å². The molecule has 36 heavy (non-hydrogen) atoms. The first-order chi connectivity index (χ1) is 17.0. The lowest BCUT2D eigenvalue weighted by Crippen LogP contribution is -2.28. The topological polar surface area (TPSA) is 71.1 Å². The third-order valence-electron chi connectivity index (χ3n) is 6.66. The first-order valence-electron chi connectivity index (χ1n) is 13.6. The monoisotopic (exact) mass is 506 g/mol. The van der Waals surface area contributed by atoms with E-state index in [-0.39, 0.29) is 25.0 Å². The molecule has 0 N–H and O–H groups in total. The fraction of sp³-hybridized carbons (Fsp3) is 0.733. The highest BCUT2D eigenvalue weighted by Crippen LogP contribution is 2.42. The summed E-state index contributed by atoms with van der Waals surface area (Å²) in [5.74, 6) is 0.963. The molecule has 0 atom stereocenters. The molecule has 206 valence electrons. The molecular weight excluding hydrogens is 456 g/mol. The van der Waals surface area contributed by atoms with Crippen molar-refractivity contribution in [2.75, 3.05) is 27.4 Å². The summed E-state index contributed by atoms with van der Waals surface area (Å²) in [5.41, 5.74) is 0.751. The molecule has 0 saturated heterocycles.